The first-order valence-electron chi connectivity index (χ1n) is 6.58. The van der Waals surface area contributed by atoms with Crippen molar-refractivity contribution in [2.75, 3.05) is 5.32 Å². The third-order valence-corrected chi connectivity index (χ3v) is 2.89. The zero-order chi connectivity index (χ0) is 15.9. The van der Waals surface area contributed by atoms with Crippen LogP contribution >= 0.6 is 0 Å². The Hall–Kier alpha value is -2.67. The third-order valence-electron chi connectivity index (χ3n) is 2.89. The summed E-state index contributed by atoms with van der Waals surface area (Å²) in [4.78, 5) is 23.0. The van der Waals surface area contributed by atoms with Crippen LogP contribution in [-0.4, -0.2) is 23.0 Å². The van der Waals surface area contributed by atoms with E-state index in [1.54, 1.807) is 12.1 Å². The highest BCUT2D eigenvalue weighted by Gasteiger charge is 2.21. The average molecular weight is 306 g/mol. The Labute approximate surface area is 125 Å². The fourth-order valence-electron chi connectivity index (χ4n) is 1.86. The number of furan rings is 1. The molecular weight excluding hydrogens is 291 g/mol. The third kappa shape index (κ3) is 4.71. The predicted octanol–water partition coefficient (Wildman–Crippen LogP) is 1.99. The van der Waals surface area contributed by atoms with E-state index in [0.717, 1.165) is 6.07 Å². The van der Waals surface area contributed by atoms with Gasteiger partial charge in [-0.25, -0.2) is 4.39 Å². The molecule has 22 heavy (non-hydrogen) atoms. The highest BCUT2D eigenvalue weighted by Crippen LogP contribution is 2.10. The van der Waals surface area contributed by atoms with Crippen LogP contribution in [0.15, 0.2) is 47.1 Å². The van der Waals surface area contributed by atoms with Gasteiger partial charge < -0.3 is 14.8 Å². The van der Waals surface area contributed by atoms with E-state index in [2.05, 4.69) is 10.6 Å². The zero-order valence-corrected chi connectivity index (χ0v) is 11.6. The lowest BCUT2D eigenvalue weighted by Crippen LogP contribution is -2.41. The molecule has 1 amide bonds. The van der Waals surface area contributed by atoms with Crippen LogP contribution in [0.1, 0.15) is 12.2 Å². The Morgan fingerprint density at radius 3 is 2.73 bits per heavy atom. The van der Waals surface area contributed by atoms with E-state index in [4.69, 9.17) is 9.52 Å². The van der Waals surface area contributed by atoms with Crippen LogP contribution in [-0.2, 0) is 16.1 Å². The molecule has 0 aliphatic heterocycles. The van der Waals surface area contributed by atoms with E-state index in [9.17, 15) is 14.0 Å². The van der Waals surface area contributed by atoms with Crippen molar-refractivity contribution in [2.24, 2.45) is 0 Å². The number of halogens is 1. The summed E-state index contributed by atoms with van der Waals surface area (Å²) >= 11 is 0. The molecule has 1 atom stereocenters. The fourth-order valence-corrected chi connectivity index (χ4v) is 1.86. The monoisotopic (exact) mass is 306 g/mol. The smallest absolute Gasteiger partial charge is 0.305 e. The number of aliphatic carboxylic acids is 1. The molecule has 0 bridgehead atoms. The molecule has 116 valence electrons. The van der Waals surface area contributed by atoms with Gasteiger partial charge in [0.2, 0.25) is 5.91 Å². The van der Waals surface area contributed by atoms with E-state index in [0.29, 0.717) is 5.76 Å². The summed E-state index contributed by atoms with van der Waals surface area (Å²) in [5.74, 6) is -1.59. The summed E-state index contributed by atoms with van der Waals surface area (Å²) in [5, 5.41) is 14.2. The number of amides is 1. The largest absolute Gasteiger partial charge is 0.481 e. The molecule has 7 heteroatoms. The lowest BCUT2D eigenvalue weighted by atomic mass is 10.1. The summed E-state index contributed by atoms with van der Waals surface area (Å²) in [6.45, 7) is 0.210. The van der Waals surface area contributed by atoms with E-state index >= 15 is 0 Å². The van der Waals surface area contributed by atoms with Crippen molar-refractivity contribution >= 4 is 17.6 Å². The zero-order valence-electron chi connectivity index (χ0n) is 11.6. The predicted molar refractivity (Wildman–Crippen MR) is 76.6 cm³/mol. The number of carbonyl (C=O) groups is 2. The van der Waals surface area contributed by atoms with Crippen LogP contribution in [0.5, 0.6) is 0 Å². The van der Waals surface area contributed by atoms with E-state index in [1.165, 1.54) is 24.5 Å². The van der Waals surface area contributed by atoms with Crippen LogP contribution in [0, 0.1) is 5.82 Å². The Bertz CT molecular complexity index is 643. The minimum atomic E-state index is -1.12. The number of nitrogens with one attached hydrogen (secondary N) is 2. The van der Waals surface area contributed by atoms with Gasteiger partial charge in [0.1, 0.15) is 11.6 Å². The molecule has 0 radical (unpaired) electrons. The number of rotatable bonds is 7. The first-order chi connectivity index (χ1) is 10.5. The second-order valence-electron chi connectivity index (χ2n) is 4.61. The Morgan fingerprint density at radius 2 is 2.09 bits per heavy atom. The number of carboxylic acids is 1. The first-order valence-corrected chi connectivity index (χ1v) is 6.58. The van der Waals surface area contributed by atoms with Gasteiger partial charge in [-0.1, -0.05) is 6.07 Å². The average Bonchev–Trinajstić information content (AvgIpc) is 2.96. The quantitative estimate of drug-likeness (QED) is 0.727. The highest BCUT2D eigenvalue weighted by atomic mass is 19.1. The molecule has 0 saturated heterocycles. The Kier molecular flexibility index (Phi) is 5.26. The van der Waals surface area contributed by atoms with Crippen molar-refractivity contribution in [3.8, 4) is 0 Å². The van der Waals surface area contributed by atoms with Gasteiger partial charge in [0.15, 0.2) is 0 Å². The summed E-state index contributed by atoms with van der Waals surface area (Å²) in [5.41, 5.74) is 0.264. The van der Waals surface area contributed by atoms with Crippen LogP contribution in [0.4, 0.5) is 10.1 Å². The molecule has 0 aliphatic rings. The minimum absolute atomic E-state index is 0.210. The molecule has 1 heterocycles. The highest BCUT2D eigenvalue weighted by molar-refractivity contribution is 5.96. The number of carbonyl (C=O) groups excluding carboxylic acids is 1. The molecular formula is C15H15FN2O4. The van der Waals surface area contributed by atoms with Crippen molar-refractivity contribution < 1.29 is 23.5 Å². The van der Waals surface area contributed by atoms with E-state index < -0.39 is 30.2 Å². The molecule has 2 aromatic rings. The molecule has 6 nitrogen and oxygen atoms in total. The number of hydrogen-bond donors (Lipinski definition) is 3. The molecule has 0 aliphatic carbocycles. The summed E-state index contributed by atoms with van der Waals surface area (Å²) < 4.78 is 18.2. The maximum absolute atomic E-state index is 13.1. The van der Waals surface area contributed by atoms with Crippen molar-refractivity contribution in [1.82, 2.24) is 5.32 Å². The molecule has 0 saturated carbocycles. The van der Waals surface area contributed by atoms with Crippen molar-refractivity contribution in [3.05, 3.63) is 54.2 Å². The van der Waals surface area contributed by atoms with Gasteiger partial charge in [0.05, 0.1) is 25.3 Å². The van der Waals surface area contributed by atoms with Crippen molar-refractivity contribution in [2.45, 2.75) is 19.0 Å². The number of carboxylic acid groups (broad SMARTS) is 1. The molecule has 2 rings (SSSR count). The Balaban J connectivity index is 2.00. The summed E-state index contributed by atoms with van der Waals surface area (Å²) in [6, 6.07) is 7.80. The van der Waals surface area contributed by atoms with Gasteiger partial charge in [-0.05, 0) is 30.3 Å². The fraction of sp³-hybridized carbons (Fsp3) is 0.200. The molecule has 0 spiro atoms. The van der Waals surface area contributed by atoms with Crippen molar-refractivity contribution in [1.29, 1.82) is 0 Å². The lowest BCUT2D eigenvalue weighted by molar-refractivity contribution is -0.139. The van der Waals surface area contributed by atoms with E-state index in [1.807, 2.05) is 0 Å². The molecule has 0 fully saturated rings. The molecule has 3 N–H and O–H groups in total. The topological polar surface area (TPSA) is 91.6 Å². The van der Waals surface area contributed by atoms with Gasteiger partial charge in [-0.2, -0.15) is 0 Å². The molecule has 1 aromatic heterocycles. The number of benzene rings is 1. The van der Waals surface area contributed by atoms with Crippen LogP contribution in [0.25, 0.3) is 0 Å². The second-order valence-corrected chi connectivity index (χ2v) is 4.61. The standard InChI is InChI=1S/C15H15FN2O4/c16-10-3-1-4-11(7-10)18-15(21)13(8-14(19)20)17-9-12-5-2-6-22-12/h1-7,13,17H,8-9H2,(H,18,21)(H,19,20)/t13-/m0/s1. The minimum Gasteiger partial charge on any atom is -0.481 e. The maximum atomic E-state index is 13.1. The first kappa shape index (κ1) is 15.7. The van der Waals surface area contributed by atoms with Crippen LogP contribution in [0.3, 0.4) is 0 Å². The lowest BCUT2D eigenvalue weighted by Gasteiger charge is -2.16. The number of anilines is 1. The molecule has 0 unspecified atom stereocenters. The summed E-state index contributed by atoms with van der Waals surface area (Å²) in [6.07, 6.45) is 1.08. The Morgan fingerprint density at radius 1 is 1.27 bits per heavy atom. The van der Waals surface area contributed by atoms with Gasteiger partial charge >= 0.3 is 5.97 Å². The SMILES string of the molecule is O=C(O)C[C@H](NCc1ccco1)C(=O)Nc1cccc(F)c1. The molecule has 1 aromatic carbocycles. The van der Waals surface area contributed by atoms with Gasteiger partial charge in [-0.3, -0.25) is 14.9 Å². The van der Waals surface area contributed by atoms with Gasteiger partial charge in [-0.15, -0.1) is 0 Å². The number of hydrogen-bond acceptors (Lipinski definition) is 4. The maximum Gasteiger partial charge on any atom is 0.305 e. The summed E-state index contributed by atoms with van der Waals surface area (Å²) in [7, 11) is 0. The van der Waals surface area contributed by atoms with Crippen LogP contribution < -0.4 is 10.6 Å². The van der Waals surface area contributed by atoms with Crippen molar-refractivity contribution in [3.63, 3.8) is 0 Å². The van der Waals surface area contributed by atoms with Crippen LogP contribution in [0.2, 0.25) is 0 Å². The van der Waals surface area contributed by atoms with Gasteiger partial charge in [0.25, 0.3) is 0 Å². The second kappa shape index (κ2) is 7.37. The van der Waals surface area contributed by atoms with Gasteiger partial charge in [0, 0.05) is 5.69 Å². The normalized spacial score (nSPS) is 11.9. The van der Waals surface area contributed by atoms with E-state index in [-0.39, 0.29) is 12.2 Å².